The summed E-state index contributed by atoms with van der Waals surface area (Å²) in [5.41, 5.74) is 2.69. The Kier molecular flexibility index (Phi) is 5.99. The Morgan fingerprint density at radius 1 is 1.14 bits per heavy atom. The van der Waals surface area contributed by atoms with Gasteiger partial charge < -0.3 is 20.9 Å². The first-order valence-corrected chi connectivity index (χ1v) is 9.44. The summed E-state index contributed by atoms with van der Waals surface area (Å²) in [6.45, 7) is 3.70. The number of amides is 2. The molecule has 0 aliphatic heterocycles. The molecule has 9 nitrogen and oxygen atoms in total. The van der Waals surface area contributed by atoms with Crippen LogP contribution in [0.25, 0.3) is 11.6 Å². The normalized spacial score (nSPS) is 10.6. The molecule has 1 aromatic carbocycles. The van der Waals surface area contributed by atoms with Gasteiger partial charge in [0.05, 0.1) is 18.6 Å². The van der Waals surface area contributed by atoms with E-state index in [9.17, 15) is 9.59 Å². The molecule has 0 unspecified atom stereocenters. The Labute approximate surface area is 165 Å². The number of nitrogens with two attached hydrogens (primary N) is 1. The van der Waals surface area contributed by atoms with Gasteiger partial charge in [-0.2, -0.15) is 0 Å². The molecular weight excluding hydrogens is 380 g/mol. The average molecular weight is 400 g/mol. The van der Waals surface area contributed by atoms with Crippen molar-refractivity contribution in [1.29, 1.82) is 0 Å². The number of rotatable bonds is 7. The smallest absolute Gasteiger partial charge is 0.243 e. The first kappa shape index (κ1) is 19.5. The van der Waals surface area contributed by atoms with Crippen LogP contribution in [0.15, 0.2) is 46.2 Å². The number of furan rings is 1. The van der Waals surface area contributed by atoms with Crippen LogP contribution in [0.4, 0.5) is 5.69 Å². The zero-order chi connectivity index (χ0) is 20.1. The van der Waals surface area contributed by atoms with Crippen LogP contribution in [-0.4, -0.2) is 39.0 Å². The lowest BCUT2D eigenvalue weighted by molar-refractivity contribution is -0.122. The summed E-state index contributed by atoms with van der Waals surface area (Å²) < 4.78 is 6.49. The zero-order valence-corrected chi connectivity index (χ0v) is 16.2. The minimum atomic E-state index is -0.316. The maximum atomic E-state index is 12.1. The molecule has 2 amide bonds. The summed E-state index contributed by atoms with van der Waals surface area (Å²) in [6, 6.07) is 9.18. The van der Waals surface area contributed by atoms with Crippen molar-refractivity contribution < 1.29 is 14.0 Å². The van der Waals surface area contributed by atoms with Crippen LogP contribution in [0.1, 0.15) is 11.1 Å². The molecule has 3 rings (SSSR count). The van der Waals surface area contributed by atoms with Crippen LogP contribution in [0.2, 0.25) is 0 Å². The second-order valence-electron chi connectivity index (χ2n) is 6.03. The molecule has 0 radical (unpaired) electrons. The van der Waals surface area contributed by atoms with E-state index in [1.54, 1.807) is 12.1 Å². The lowest BCUT2D eigenvalue weighted by Crippen LogP contribution is -2.34. The Hall–Kier alpha value is -3.27. The van der Waals surface area contributed by atoms with Gasteiger partial charge in [-0.25, -0.2) is 4.68 Å². The Morgan fingerprint density at radius 3 is 2.57 bits per heavy atom. The van der Waals surface area contributed by atoms with Crippen LogP contribution in [-0.2, 0) is 9.59 Å². The number of carbonyl (C=O) groups is 2. The first-order valence-electron chi connectivity index (χ1n) is 8.45. The molecule has 146 valence electrons. The van der Waals surface area contributed by atoms with Gasteiger partial charge in [0.25, 0.3) is 0 Å². The number of nitrogens with zero attached hydrogens (tertiary/aromatic N) is 3. The summed E-state index contributed by atoms with van der Waals surface area (Å²) in [6.07, 6.45) is 1.51. The van der Waals surface area contributed by atoms with E-state index in [1.165, 1.54) is 10.9 Å². The predicted molar refractivity (Wildman–Crippen MR) is 106 cm³/mol. The molecule has 0 bridgehead atoms. The Morgan fingerprint density at radius 2 is 1.89 bits per heavy atom. The predicted octanol–water partition coefficient (Wildman–Crippen LogP) is 1.72. The molecule has 0 spiro atoms. The van der Waals surface area contributed by atoms with Crippen molar-refractivity contribution in [3.8, 4) is 11.6 Å². The molecule has 2 aromatic heterocycles. The molecule has 28 heavy (non-hydrogen) atoms. The van der Waals surface area contributed by atoms with E-state index in [-0.39, 0.29) is 24.1 Å². The van der Waals surface area contributed by atoms with Gasteiger partial charge in [0.2, 0.25) is 22.8 Å². The van der Waals surface area contributed by atoms with Crippen molar-refractivity contribution in [1.82, 2.24) is 20.2 Å². The highest BCUT2D eigenvalue weighted by molar-refractivity contribution is 7.99. The van der Waals surface area contributed by atoms with Gasteiger partial charge in [-0.15, -0.1) is 10.2 Å². The third-order valence-electron chi connectivity index (χ3n) is 3.93. The zero-order valence-electron chi connectivity index (χ0n) is 15.4. The highest BCUT2D eigenvalue weighted by Crippen LogP contribution is 2.21. The third-order valence-corrected chi connectivity index (χ3v) is 4.87. The summed E-state index contributed by atoms with van der Waals surface area (Å²) in [4.78, 5) is 24.1. The van der Waals surface area contributed by atoms with E-state index in [4.69, 9.17) is 10.3 Å². The fourth-order valence-electron chi connectivity index (χ4n) is 2.50. The van der Waals surface area contributed by atoms with Gasteiger partial charge in [0.1, 0.15) is 0 Å². The number of nitrogen functional groups attached to an aromatic ring is 1. The van der Waals surface area contributed by atoms with Gasteiger partial charge in [-0.05, 0) is 37.1 Å². The standard InChI is InChI=1S/C18H20N6O3S/c1-11-5-3-6-12(2)16(11)21-14(25)9-20-15(26)10-28-18-23-22-17(24(18)19)13-7-4-8-27-13/h3-8H,9-10,19H2,1-2H3,(H,20,26)(H,21,25). The number of benzene rings is 1. The number of carbonyl (C=O) groups excluding carboxylic acids is 2. The lowest BCUT2D eigenvalue weighted by atomic mass is 10.1. The topological polar surface area (TPSA) is 128 Å². The second-order valence-corrected chi connectivity index (χ2v) is 6.98. The SMILES string of the molecule is Cc1cccc(C)c1NC(=O)CNC(=O)CSc1nnc(-c2ccco2)n1N. The fraction of sp³-hybridized carbons (Fsp3) is 0.222. The molecule has 0 saturated heterocycles. The van der Waals surface area contributed by atoms with Gasteiger partial charge in [0.15, 0.2) is 5.76 Å². The number of para-hydroxylation sites is 1. The maximum Gasteiger partial charge on any atom is 0.243 e. The molecule has 3 aromatic rings. The second kappa shape index (κ2) is 8.61. The number of hydrogen-bond donors (Lipinski definition) is 3. The lowest BCUT2D eigenvalue weighted by Gasteiger charge is -2.11. The molecule has 0 saturated carbocycles. The molecule has 2 heterocycles. The number of thioether (sulfide) groups is 1. The van der Waals surface area contributed by atoms with E-state index in [0.29, 0.717) is 16.7 Å². The maximum absolute atomic E-state index is 12.1. The first-order chi connectivity index (χ1) is 13.5. The van der Waals surface area contributed by atoms with Crippen molar-refractivity contribution in [3.05, 3.63) is 47.7 Å². The average Bonchev–Trinajstić information content (AvgIpc) is 3.31. The Balaban J connectivity index is 1.48. The van der Waals surface area contributed by atoms with Gasteiger partial charge in [0, 0.05) is 5.69 Å². The Bertz CT molecular complexity index is 963. The molecule has 0 aliphatic rings. The largest absolute Gasteiger partial charge is 0.461 e. The van der Waals surface area contributed by atoms with Crippen molar-refractivity contribution in [2.75, 3.05) is 23.5 Å². The van der Waals surface area contributed by atoms with E-state index >= 15 is 0 Å². The molecule has 0 aliphatic carbocycles. The minimum absolute atomic E-state index is 0.0458. The van der Waals surface area contributed by atoms with Crippen LogP contribution in [0.5, 0.6) is 0 Å². The number of aromatic nitrogens is 3. The van der Waals surface area contributed by atoms with Crippen LogP contribution in [0, 0.1) is 13.8 Å². The highest BCUT2D eigenvalue weighted by atomic mass is 32.2. The van der Waals surface area contributed by atoms with Crippen molar-refractivity contribution >= 4 is 29.3 Å². The van der Waals surface area contributed by atoms with Gasteiger partial charge in [-0.3, -0.25) is 9.59 Å². The van der Waals surface area contributed by atoms with Crippen LogP contribution >= 0.6 is 11.8 Å². The number of hydrogen-bond acceptors (Lipinski definition) is 7. The third kappa shape index (κ3) is 4.52. The van der Waals surface area contributed by atoms with Crippen LogP contribution < -0.4 is 16.5 Å². The fourth-order valence-corrected chi connectivity index (χ4v) is 3.19. The van der Waals surface area contributed by atoms with Crippen molar-refractivity contribution in [3.63, 3.8) is 0 Å². The number of aryl methyl sites for hydroxylation is 2. The molecule has 0 fully saturated rings. The number of anilines is 1. The summed E-state index contributed by atoms with van der Waals surface area (Å²) in [5.74, 6) is 6.21. The summed E-state index contributed by atoms with van der Waals surface area (Å²) in [5, 5.41) is 13.7. The van der Waals surface area contributed by atoms with Crippen molar-refractivity contribution in [2.45, 2.75) is 19.0 Å². The highest BCUT2D eigenvalue weighted by Gasteiger charge is 2.16. The minimum Gasteiger partial charge on any atom is -0.461 e. The quantitative estimate of drug-likeness (QED) is 0.407. The van der Waals surface area contributed by atoms with Gasteiger partial charge >= 0.3 is 0 Å². The molecule has 4 N–H and O–H groups in total. The monoisotopic (exact) mass is 400 g/mol. The molecule has 10 heteroatoms. The molecule has 0 atom stereocenters. The van der Waals surface area contributed by atoms with E-state index < -0.39 is 0 Å². The van der Waals surface area contributed by atoms with Gasteiger partial charge in [-0.1, -0.05) is 30.0 Å². The number of nitrogens with one attached hydrogen (secondary N) is 2. The van der Waals surface area contributed by atoms with Crippen LogP contribution in [0.3, 0.4) is 0 Å². The summed E-state index contributed by atoms with van der Waals surface area (Å²) in [7, 11) is 0. The molecular formula is C18H20N6O3S. The van der Waals surface area contributed by atoms with E-state index in [2.05, 4.69) is 20.8 Å². The van der Waals surface area contributed by atoms with E-state index in [1.807, 2.05) is 32.0 Å². The van der Waals surface area contributed by atoms with E-state index in [0.717, 1.165) is 28.6 Å². The summed E-state index contributed by atoms with van der Waals surface area (Å²) >= 11 is 1.11. The van der Waals surface area contributed by atoms with Crippen molar-refractivity contribution in [2.24, 2.45) is 0 Å².